The smallest absolute Gasteiger partial charge is 0.270 e. The Labute approximate surface area is 122 Å². The molecule has 0 atom stereocenters. The number of nitrogens with one attached hydrogen (secondary N) is 1. The average Bonchev–Trinajstić information content (AvgIpc) is 2.49. The summed E-state index contributed by atoms with van der Waals surface area (Å²) in [5, 5.41) is 23.0. The fourth-order valence-electron chi connectivity index (χ4n) is 2.07. The van der Waals surface area contributed by atoms with Crippen molar-refractivity contribution in [1.29, 1.82) is 0 Å². The molecule has 5 nitrogen and oxygen atoms in total. The topological polar surface area (TPSA) is 75.4 Å². The largest absolute Gasteiger partial charge is 0.396 e. The molecule has 2 N–H and O–H groups in total. The van der Waals surface area contributed by atoms with Crippen LogP contribution in [0.5, 0.6) is 0 Å². The molecule has 0 aliphatic heterocycles. The number of halogens is 2. The number of aliphatic hydroxyl groups is 1. The van der Waals surface area contributed by atoms with Crippen molar-refractivity contribution < 1.29 is 18.8 Å². The first-order valence-corrected chi connectivity index (χ1v) is 6.80. The lowest BCUT2D eigenvalue weighted by Crippen LogP contribution is -2.32. The SMILES string of the molecule is CCC(CC)(CO)CNc1ccc([N+](=O)[O-])cc1C(F)F. The fraction of sp³-hybridized carbons (Fsp3) is 0.571. The van der Waals surface area contributed by atoms with Gasteiger partial charge in [0, 0.05) is 35.3 Å². The number of hydrogen-bond donors (Lipinski definition) is 2. The van der Waals surface area contributed by atoms with Crippen LogP contribution in [0.15, 0.2) is 18.2 Å². The summed E-state index contributed by atoms with van der Waals surface area (Å²) in [7, 11) is 0. The first-order valence-electron chi connectivity index (χ1n) is 6.80. The summed E-state index contributed by atoms with van der Waals surface area (Å²) in [5.41, 5.74) is -0.991. The number of benzene rings is 1. The summed E-state index contributed by atoms with van der Waals surface area (Å²) in [6.45, 7) is 4.12. The molecular weight excluding hydrogens is 282 g/mol. The van der Waals surface area contributed by atoms with Gasteiger partial charge in [-0.05, 0) is 18.9 Å². The van der Waals surface area contributed by atoms with Gasteiger partial charge in [0.25, 0.3) is 12.1 Å². The number of nitro groups is 1. The van der Waals surface area contributed by atoms with Gasteiger partial charge in [0.15, 0.2) is 0 Å². The minimum Gasteiger partial charge on any atom is -0.396 e. The monoisotopic (exact) mass is 302 g/mol. The Morgan fingerprint density at radius 2 is 2.00 bits per heavy atom. The number of nitrogens with zero attached hydrogens (tertiary/aromatic N) is 1. The summed E-state index contributed by atoms with van der Waals surface area (Å²) in [6.07, 6.45) is -1.41. The fourth-order valence-corrected chi connectivity index (χ4v) is 2.07. The van der Waals surface area contributed by atoms with Crippen LogP contribution in [0.3, 0.4) is 0 Å². The molecule has 0 bridgehead atoms. The Hall–Kier alpha value is -1.76. The van der Waals surface area contributed by atoms with E-state index in [-0.39, 0.29) is 23.4 Å². The standard InChI is InChI=1S/C14H20F2N2O3/c1-3-14(4-2,9-19)8-17-12-6-5-10(18(20)21)7-11(12)13(15)16/h5-7,13,17,19H,3-4,8-9H2,1-2H3. The molecule has 0 radical (unpaired) electrons. The van der Waals surface area contributed by atoms with Crippen molar-refractivity contribution in [3.8, 4) is 0 Å². The molecule has 0 heterocycles. The highest BCUT2D eigenvalue weighted by atomic mass is 19.3. The number of nitro benzene ring substituents is 1. The van der Waals surface area contributed by atoms with E-state index in [1.807, 2.05) is 13.8 Å². The van der Waals surface area contributed by atoms with Crippen LogP contribution in [-0.2, 0) is 0 Å². The number of anilines is 1. The van der Waals surface area contributed by atoms with Gasteiger partial charge < -0.3 is 10.4 Å². The average molecular weight is 302 g/mol. The van der Waals surface area contributed by atoms with Gasteiger partial charge in [0.2, 0.25) is 0 Å². The van der Waals surface area contributed by atoms with Crippen LogP contribution in [-0.4, -0.2) is 23.2 Å². The molecule has 21 heavy (non-hydrogen) atoms. The normalized spacial score (nSPS) is 11.7. The highest BCUT2D eigenvalue weighted by Gasteiger charge is 2.26. The Kier molecular flexibility index (Phi) is 6.02. The van der Waals surface area contributed by atoms with Gasteiger partial charge in [0.05, 0.1) is 11.5 Å². The molecule has 1 aromatic carbocycles. The van der Waals surface area contributed by atoms with Crippen LogP contribution in [0, 0.1) is 15.5 Å². The highest BCUT2D eigenvalue weighted by molar-refractivity contribution is 5.56. The number of rotatable bonds is 8. The second-order valence-electron chi connectivity index (χ2n) is 5.05. The molecule has 0 fully saturated rings. The zero-order chi connectivity index (χ0) is 16.0. The third kappa shape index (κ3) is 4.10. The van der Waals surface area contributed by atoms with Crippen molar-refractivity contribution in [2.45, 2.75) is 33.1 Å². The summed E-state index contributed by atoms with van der Waals surface area (Å²) < 4.78 is 26.0. The summed E-state index contributed by atoms with van der Waals surface area (Å²) in [4.78, 5) is 9.95. The van der Waals surface area contributed by atoms with Crippen molar-refractivity contribution in [3.63, 3.8) is 0 Å². The second-order valence-corrected chi connectivity index (χ2v) is 5.05. The zero-order valence-corrected chi connectivity index (χ0v) is 12.1. The molecule has 0 saturated carbocycles. The van der Waals surface area contributed by atoms with Gasteiger partial charge in [0.1, 0.15) is 0 Å². The van der Waals surface area contributed by atoms with E-state index in [0.717, 1.165) is 6.07 Å². The molecule has 7 heteroatoms. The third-order valence-electron chi connectivity index (χ3n) is 3.97. The first-order chi connectivity index (χ1) is 9.89. The molecule has 1 aromatic rings. The maximum Gasteiger partial charge on any atom is 0.270 e. The Morgan fingerprint density at radius 3 is 2.43 bits per heavy atom. The Balaban J connectivity index is 3.00. The lowest BCUT2D eigenvalue weighted by Gasteiger charge is -2.30. The van der Waals surface area contributed by atoms with Gasteiger partial charge in [-0.2, -0.15) is 0 Å². The van der Waals surface area contributed by atoms with Crippen LogP contribution in [0.25, 0.3) is 0 Å². The van der Waals surface area contributed by atoms with E-state index in [9.17, 15) is 24.0 Å². The first kappa shape index (κ1) is 17.3. The van der Waals surface area contributed by atoms with Crippen molar-refractivity contribution in [3.05, 3.63) is 33.9 Å². The van der Waals surface area contributed by atoms with Gasteiger partial charge in [-0.1, -0.05) is 13.8 Å². The van der Waals surface area contributed by atoms with E-state index in [1.165, 1.54) is 12.1 Å². The van der Waals surface area contributed by atoms with Crippen LogP contribution in [0.4, 0.5) is 20.2 Å². The lowest BCUT2D eigenvalue weighted by molar-refractivity contribution is -0.385. The molecule has 0 aliphatic rings. The van der Waals surface area contributed by atoms with Gasteiger partial charge in [-0.3, -0.25) is 10.1 Å². The van der Waals surface area contributed by atoms with Crippen molar-refractivity contribution in [1.82, 2.24) is 0 Å². The minimum atomic E-state index is -2.81. The van der Waals surface area contributed by atoms with Crippen molar-refractivity contribution in [2.24, 2.45) is 5.41 Å². The third-order valence-corrected chi connectivity index (χ3v) is 3.97. The van der Waals surface area contributed by atoms with E-state index >= 15 is 0 Å². The number of hydrogen-bond acceptors (Lipinski definition) is 4. The molecule has 0 aliphatic carbocycles. The molecule has 0 saturated heterocycles. The minimum absolute atomic E-state index is 0.0516. The van der Waals surface area contributed by atoms with E-state index in [1.54, 1.807) is 0 Å². The highest BCUT2D eigenvalue weighted by Crippen LogP contribution is 2.32. The molecule has 0 amide bonds. The second kappa shape index (κ2) is 7.31. The summed E-state index contributed by atoms with van der Waals surface area (Å²) >= 11 is 0. The predicted molar refractivity (Wildman–Crippen MR) is 76.6 cm³/mol. The van der Waals surface area contributed by atoms with Crippen LogP contribution in [0.1, 0.15) is 38.7 Å². The summed E-state index contributed by atoms with van der Waals surface area (Å²) in [6, 6.07) is 3.35. The van der Waals surface area contributed by atoms with Crippen LogP contribution in [0.2, 0.25) is 0 Å². The number of non-ortho nitro benzene ring substituents is 1. The van der Waals surface area contributed by atoms with Crippen LogP contribution < -0.4 is 5.32 Å². The van der Waals surface area contributed by atoms with Crippen molar-refractivity contribution in [2.75, 3.05) is 18.5 Å². The maximum absolute atomic E-state index is 13.0. The van der Waals surface area contributed by atoms with E-state index in [4.69, 9.17) is 0 Å². The molecular formula is C14H20F2N2O3. The van der Waals surface area contributed by atoms with Gasteiger partial charge >= 0.3 is 0 Å². The molecule has 118 valence electrons. The molecule has 0 spiro atoms. The number of aliphatic hydroxyl groups excluding tert-OH is 1. The van der Waals surface area contributed by atoms with Gasteiger partial charge in [-0.25, -0.2) is 8.78 Å². The number of alkyl halides is 2. The molecule has 0 unspecified atom stereocenters. The Bertz CT molecular complexity index is 483. The molecule has 1 rings (SSSR count). The molecule has 0 aromatic heterocycles. The van der Waals surface area contributed by atoms with Crippen LogP contribution >= 0.6 is 0 Å². The van der Waals surface area contributed by atoms with Crippen molar-refractivity contribution >= 4 is 11.4 Å². The quantitative estimate of drug-likeness (QED) is 0.566. The lowest BCUT2D eigenvalue weighted by atomic mass is 9.83. The van der Waals surface area contributed by atoms with Gasteiger partial charge in [-0.15, -0.1) is 0 Å². The Morgan fingerprint density at radius 1 is 1.38 bits per heavy atom. The van der Waals surface area contributed by atoms with E-state index < -0.39 is 16.9 Å². The zero-order valence-electron chi connectivity index (χ0n) is 12.1. The predicted octanol–water partition coefficient (Wildman–Crippen LogP) is 3.74. The van der Waals surface area contributed by atoms with E-state index in [2.05, 4.69) is 5.32 Å². The van der Waals surface area contributed by atoms with E-state index in [0.29, 0.717) is 19.4 Å². The summed E-state index contributed by atoms with van der Waals surface area (Å²) in [5.74, 6) is 0. The maximum atomic E-state index is 13.0.